The Hall–Kier alpha value is -9.91. The van der Waals surface area contributed by atoms with Gasteiger partial charge < -0.3 is 9.13 Å². The van der Waals surface area contributed by atoms with Crippen LogP contribution >= 0.6 is 0 Å². The smallest absolute Gasteiger partial charge is 0.309 e. The monoisotopic (exact) mass is 1140 g/mol. The molecule has 0 saturated carbocycles. The number of aromatic nitrogens is 2. The fraction of sp³-hybridized carbons (Fsp3) is 0.130. The van der Waals surface area contributed by atoms with E-state index in [1.807, 2.05) is 12.1 Å². The third-order valence-electron chi connectivity index (χ3n) is 16.6. The van der Waals surface area contributed by atoms with E-state index in [0.29, 0.717) is 34.1 Å². The van der Waals surface area contributed by atoms with Crippen molar-refractivity contribution in [2.45, 2.75) is 67.7 Å². The van der Waals surface area contributed by atoms with Crippen molar-refractivity contribution >= 4 is 43.6 Å². The van der Waals surface area contributed by atoms with Crippen molar-refractivity contribution in [2.75, 3.05) is 0 Å². The van der Waals surface area contributed by atoms with Gasteiger partial charge in [0, 0.05) is 32.7 Å². The molecule has 0 amide bonds. The first kappa shape index (κ1) is 55.3. The van der Waals surface area contributed by atoms with Crippen LogP contribution in [0.25, 0.3) is 122 Å². The van der Waals surface area contributed by atoms with Gasteiger partial charge in [0.2, 0.25) is 0 Å². The predicted molar refractivity (Wildman–Crippen MR) is 340 cm³/mol. The molecule has 0 aliphatic rings. The molecule has 0 fully saturated rings. The lowest BCUT2D eigenvalue weighted by Gasteiger charge is -2.21. The maximum absolute atomic E-state index is 15.4. The van der Waals surface area contributed by atoms with Gasteiger partial charge in [0.15, 0.2) is 0 Å². The maximum atomic E-state index is 15.4. The first-order valence-corrected chi connectivity index (χ1v) is 28.5. The van der Waals surface area contributed by atoms with E-state index in [1.165, 1.54) is 0 Å². The minimum absolute atomic E-state index is 0.0495. The molecule has 0 aliphatic carbocycles. The first-order valence-electron chi connectivity index (χ1n) is 28.5. The second kappa shape index (κ2) is 20.7. The van der Waals surface area contributed by atoms with Gasteiger partial charge in [-0.1, -0.05) is 160 Å². The summed E-state index contributed by atoms with van der Waals surface area (Å²) < 4.78 is 93.2. The summed E-state index contributed by atoms with van der Waals surface area (Å²) in [5, 5.41) is 14.5. The normalized spacial score (nSPS) is 12.1. The van der Waals surface area contributed by atoms with E-state index in [4.69, 9.17) is 0 Å². The van der Waals surface area contributed by atoms with Gasteiger partial charge in [-0.25, -0.2) is 0 Å². The van der Waals surface area contributed by atoms with E-state index >= 15 is 13.2 Å². The highest BCUT2D eigenvalue weighted by Crippen LogP contribution is 2.48. The van der Waals surface area contributed by atoms with Crippen LogP contribution in [0, 0.1) is 66.7 Å². The predicted octanol–water partition coefficient (Wildman–Crippen LogP) is 22.3. The molecule has 422 valence electrons. The Kier molecular flexibility index (Phi) is 13.3. The van der Waals surface area contributed by atoms with Crippen molar-refractivity contribution < 1.29 is 26.3 Å². The van der Waals surface area contributed by atoms with Crippen molar-refractivity contribution in [3.63, 3.8) is 0 Å². The summed E-state index contributed by atoms with van der Waals surface area (Å²) in [6, 6.07) is 66.0. The number of fused-ring (bicyclic) bond motifs is 6. The lowest BCUT2D eigenvalue weighted by molar-refractivity contribution is -0.142. The van der Waals surface area contributed by atoms with Crippen molar-refractivity contribution in [1.82, 2.24) is 9.13 Å². The molecule has 11 aromatic carbocycles. The van der Waals surface area contributed by atoms with E-state index in [9.17, 15) is 18.4 Å². The third kappa shape index (κ3) is 9.99. The zero-order valence-corrected chi connectivity index (χ0v) is 48.7. The SMILES string of the molecule is Cc1cc(C)cc(-c2ccc3c(c2)c2cc(-c4cc(C)cc(C)c4)ccc2n3-c2ccc(-c3ccc(C(F)(F)F)cc3C(F)(F)F)cc2-c2ccc(C#N)cc2-n2c3ccc(-c4cc(C)cc(C)c4)cc3c3cc(-c4cc(C)cc(C)c4)ccc32)c1. The van der Waals surface area contributed by atoms with Gasteiger partial charge >= 0.3 is 12.4 Å². The first-order chi connectivity index (χ1) is 41.0. The van der Waals surface area contributed by atoms with Crippen LogP contribution in [0.5, 0.6) is 0 Å². The number of rotatable bonds is 8. The number of hydrogen-bond donors (Lipinski definition) is 0. The lowest BCUT2D eigenvalue weighted by Crippen LogP contribution is -2.12. The van der Waals surface area contributed by atoms with Gasteiger partial charge in [-0.2, -0.15) is 31.6 Å². The van der Waals surface area contributed by atoms with Crippen LogP contribution in [0.15, 0.2) is 200 Å². The average molecular weight is 1140 g/mol. The molecule has 9 heteroatoms. The quantitative estimate of drug-likeness (QED) is 0.140. The molecule has 86 heavy (non-hydrogen) atoms. The Labute approximate surface area is 495 Å². The molecule has 2 aromatic heterocycles. The van der Waals surface area contributed by atoms with E-state index in [2.05, 4.69) is 216 Å². The van der Waals surface area contributed by atoms with E-state index < -0.39 is 29.0 Å². The van der Waals surface area contributed by atoms with E-state index in [-0.39, 0.29) is 11.6 Å². The molecule has 0 spiro atoms. The number of benzene rings is 11. The molecule has 13 rings (SSSR count). The lowest BCUT2D eigenvalue weighted by atomic mass is 9.92. The van der Waals surface area contributed by atoms with Crippen LogP contribution in [0.4, 0.5) is 26.3 Å². The van der Waals surface area contributed by atoms with Crippen LogP contribution in [0.1, 0.15) is 61.2 Å². The van der Waals surface area contributed by atoms with Gasteiger partial charge in [-0.15, -0.1) is 0 Å². The van der Waals surface area contributed by atoms with Gasteiger partial charge in [-0.3, -0.25) is 0 Å². The Balaban J connectivity index is 1.14. The molecule has 3 nitrogen and oxygen atoms in total. The minimum Gasteiger partial charge on any atom is -0.309 e. The van der Waals surface area contributed by atoms with Crippen LogP contribution in [-0.4, -0.2) is 9.13 Å². The molecular formula is C77H57F6N3. The number of alkyl halides is 6. The highest BCUT2D eigenvalue weighted by molar-refractivity contribution is 6.14. The number of nitrogens with zero attached hydrogens (tertiary/aromatic N) is 3. The van der Waals surface area contributed by atoms with Crippen LogP contribution in [0.2, 0.25) is 0 Å². The Morgan fingerprint density at radius 1 is 0.291 bits per heavy atom. The highest BCUT2D eigenvalue weighted by atomic mass is 19.4. The summed E-state index contributed by atoms with van der Waals surface area (Å²) in [6.45, 7) is 16.6. The van der Waals surface area contributed by atoms with E-state index in [1.54, 1.807) is 24.3 Å². The fourth-order valence-electron chi connectivity index (χ4n) is 13.2. The molecule has 0 saturated heterocycles. The van der Waals surface area contributed by atoms with E-state index in [0.717, 1.165) is 139 Å². The summed E-state index contributed by atoms with van der Waals surface area (Å²) in [5.74, 6) is 0. The van der Waals surface area contributed by atoms with Crippen molar-refractivity contribution in [3.05, 3.63) is 261 Å². The molecule has 2 heterocycles. The van der Waals surface area contributed by atoms with Crippen LogP contribution in [-0.2, 0) is 12.4 Å². The number of hydrogen-bond acceptors (Lipinski definition) is 1. The molecule has 0 radical (unpaired) electrons. The fourth-order valence-corrected chi connectivity index (χ4v) is 13.2. The van der Waals surface area contributed by atoms with Crippen molar-refractivity contribution in [3.8, 4) is 84.2 Å². The molecular weight excluding hydrogens is 1080 g/mol. The molecule has 0 aliphatic heterocycles. The third-order valence-corrected chi connectivity index (χ3v) is 16.6. The number of nitriles is 1. The van der Waals surface area contributed by atoms with Gasteiger partial charge in [0.25, 0.3) is 0 Å². The average Bonchev–Trinajstić information content (AvgIpc) is 1.59. The maximum Gasteiger partial charge on any atom is 0.417 e. The summed E-state index contributed by atoms with van der Waals surface area (Å²) in [6.07, 6.45) is -10.2. The summed E-state index contributed by atoms with van der Waals surface area (Å²) in [5.41, 5.74) is 19.8. The van der Waals surface area contributed by atoms with Crippen molar-refractivity contribution in [1.29, 1.82) is 5.26 Å². The Morgan fingerprint density at radius 2 is 0.640 bits per heavy atom. The summed E-state index contributed by atoms with van der Waals surface area (Å²) >= 11 is 0. The topological polar surface area (TPSA) is 33.6 Å². The van der Waals surface area contributed by atoms with Crippen molar-refractivity contribution in [2.24, 2.45) is 0 Å². The second-order valence-corrected chi connectivity index (χ2v) is 23.4. The Bertz CT molecular complexity index is 4720. The number of halogens is 6. The van der Waals surface area contributed by atoms with Gasteiger partial charge in [-0.05, 0) is 196 Å². The molecule has 0 unspecified atom stereocenters. The largest absolute Gasteiger partial charge is 0.417 e. The molecule has 13 aromatic rings. The second-order valence-electron chi connectivity index (χ2n) is 23.4. The minimum atomic E-state index is -5.15. The highest BCUT2D eigenvalue weighted by Gasteiger charge is 2.39. The molecule has 0 atom stereocenters. The van der Waals surface area contributed by atoms with Crippen LogP contribution < -0.4 is 0 Å². The Morgan fingerprint density at radius 3 is 0.988 bits per heavy atom. The molecule has 0 N–H and O–H groups in total. The number of aryl methyl sites for hydroxylation is 8. The van der Waals surface area contributed by atoms with Gasteiger partial charge in [0.1, 0.15) is 0 Å². The van der Waals surface area contributed by atoms with Crippen LogP contribution in [0.3, 0.4) is 0 Å². The standard InChI is InChI=1S/C77H57F6N3/c1-43-23-44(2)28-57(27-43)52-10-18-71-65(36-52)66-37-53(58-29-45(3)24-46(4)30-58)11-19-72(66)85(71)70-22-14-56(62-17-15-61(76(78,79)80)41-69(62)77(81,82)83)40-64(70)63-16-9-51(42-84)35-75(63)86-73-20-12-54(59-31-47(5)25-48(6)32-59)38-67(73)68-39-55(13-21-74(68)86)60-33-49(7)26-50(8)34-60/h9-41H,1-8H3. The summed E-state index contributed by atoms with van der Waals surface area (Å²) in [4.78, 5) is 0. The zero-order chi connectivity index (χ0) is 60.2. The zero-order valence-electron chi connectivity index (χ0n) is 48.7. The molecule has 0 bridgehead atoms. The van der Waals surface area contributed by atoms with Gasteiger partial charge in [0.05, 0.1) is 56.2 Å². The summed E-state index contributed by atoms with van der Waals surface area (Å²) in [7, 11) is 0.